The molecule has 4 nitrogen and oxygen atoms in total. The summed E-state index contributed by atoms with van der Waals surface area (Å²) in [5, 5.41) is 0. The molecular formula is C16H25NO3. The highest BCUT2D eigenvalue weighted by Crippen LogP contribution is 2.70. The molecule has 1 heterocycles. The van der Waals surface area contributed by atoms with Crippen LogP contribution in [0.4, 0.5) is 4.79 Å². The zero-order valence-electron chi connectivity index (χ0n) is 13.3. The van der Waals surface area contributed by atoms with E-state index in [0.717, 1.165) is 12.8 Å². The number of hydrogen-bond acceptors (Lipinski definition) is 3. The topological polar surface area (TPSA) is 46.6 Å². The van der Waals surface area contributed by atoms with E-state index in [2.05, 4.69) is 13.8 Å². The van der Waals surface area contributed by atoms with E-state index in [1.165, 1.54) is 4.90 Å². The average molecular weight is 279 g/mol. The van der Waals surface area contributed by atoms with Crippen molar-refractivity contribution in [3.8, 4) is 0 Å². The van der Waals surface area contributed by atoms with Gasteiger partial charge in [0.05, 0.1) is 11.5 Å². The largest absolute Gasteiger partial charge is 0.443 e. The van der Waals surface area contributed by atoms with E-state index in [1.807, 2.05) is 27.7 Å². The Hall–Kier alpha value is -1.06. The van der Waals surface area contributed by atoms with E-state index in [4.69, 9.17) is 4.74 Å². The van der Waals surface area contributed by atoms with Crippen LogP contribution in [0, 0.1) is 23.2 Å². The molecule has 0 spiro atoms. The van der Waals surface area contributed by atoms with Gasteiger partial charge in [0.1, 0.15) is 5.60 Å². The number of carbonyl (C=O) groups excluding carboxylic acids is 2. The third-order valence-corrected chi connectivity index (χ3v) is 5.77. The smallest absolute Gasteiger partial charge is 0.417 e. The molecule has 0 aromatic heterocycles. The summed E-state index contributed by atoms with van der Waals surface area (Å²) in [5.41, 5.74) is -0.552. The summed E-state index contributed by atoms with van der Waals surface area (Å²) in [5.74, 6) is 1.27. The van der Waals surface area contributed by atoms with Gasteiger partial charge in [0.25, 0.3) is 0 Å². The van der Waals surface area contributed by atoms with Gasteiger partial charge >= 0.3 is 6.09 Å². The molecule has 112 valence electrons. The highest BCUT2D eigenvalue weighted by molar-refractivity contribution is 6.01. The van der Waals surface area contributed by atoms with Gasteiger partial charge in [-0.05, 0) is 57.8 Å². The highest BCUT2D eigenvalue weighted by Gasteiger charge is 2.72. The molecule has 2 saturated carbocycles. The van der Waals surface area contributed by atoms with Crippen molar-refractivity contribution in [3.63, 3.8) is 0 Å². The first-order valence-electron chi connectivity index (χ1n) is 7.55. The lowest BCUT2D eigenvalue weighted by atomic mass is 9.66. The third kappa shape index (κ3) is 1.66. The molecule has 20 heavy (non-hydrogen) atoms. The molecular weight excluding hydrogens is 254 g/mol. The maximum atomic E-state index is 12.3. The Labute approximate surface area is 120 Å². The van der Waals surface area contributed by atoms with Crippen molar-refractivity contribution in [1.29, 1.82) is 0 Å². The maximum Gasteiger partial charge on any atom is 0.417 e. The molecule has 4 heteroatoms. The van der Waals surface area contributed by atoms with E-state index < -0.39 is 11.7 Å². The van der Waals surface area contributed by atoms with Gasteiger partial charge in [-0.1, -0.05) is 13.8 Å². The summed E-state index contributed by atoms with van der Waals surface area (Å²) in [6.45, 7) is 12.1. The molecule has 0 aromatic rings. The highest BCUT2D eigenvalue weighted by atomic mass is 16.6. The molecule has 2 amide bonds. The van der Waals surface area contributed by atoms with Crippen LogP contribution in [0.15, 0.2) is 0 Å². The second kappa shape index (κ2) is 3.58. The van der Waals surface area contributed by atoms with E-state index >= 15 is 0 Å². The number of likely N-dealkylation sites (tertiary alicyclic amines) is 1. The summed E-state index contributed by atoms with van der Waals surface area (Å²) < 4.78 is 5.39. The van der Waals surface area contributed by atoms with Gasteiger partial charge in [0.2, 0.25) is 5.91 Å². The second-order valence-corrected chi connectivity index (χ2v) is 8.54. The number of fused-ring (bicyclic) bond motifs is 2. The number of amides is 2. The summed E-state index contributed by atoms with van der Waals surface area (Å²) in [6.07, 6.45) is 1.39. The molecule has 3 fully saturated rings. The van der Waals surface area contributed by atoms with Gasteiger partial charge in [-0.2, -0.15) is 0 Å². The molecule has 0 radical (unpaired) electrons. The molecule has 3 rings (SSSR count). The Morgan fingerprint density at radius 2 is 1.85 bits per heavy atom. The molecule has 1 aliphatic heterocycles. The summed E-state index contributed by atoms with van der Waals surface area (Å²) in [6, 6.07) is 0. The van der Waals surface area contributed by atoms with Crippen LogP contribution in [0.1, 0.15) is 54.4 Å². The molecule has 1 unspecified atom stereocenters. The molecule has 2 aliphatic carbocycles. The monoisotopic (exact) mass is 279 g/mol. The zero-order valence-corrected chi connectivity index (χ0v) is 13.3. The predicted octanol–water partition coefficient (Wildman–Crippen LogP) is 3.20. The van der Waals surface area contributed by atoms with Crippen LogP contribution in [0.3, 0.4) is 0 Å². The Morgan fingerprint density at radius 3 is 2.40 bits per heavy atom. The Kier molecular flexibility index (Phi) is 2.49. The molecule has 0 N–H and O–H groups in total. The van der Waals surface area contributed by atoms with Crippen LogP contribution in [0.25, 0.3) is 0 Å². The van der Waals surface area contributed by atoms with E-state index in [9.17, 15) is 9.59 Å². The summed E-state index contributed by atoms with van der Waals surface area (Å²) in [4.78, 5) is 26.0. The van der Waals surface area contributed by atoms with Crippen LogP contribution in [-0.2, 0) is 9.53 Å². The minimum absolute atomic E-state index is 0.0121. The van der Waals surface area contributed by atoms with E-state index in [1.54, 1.807) is 0 Å². The van der Waals surface area contributed by atoms with Gasteiger partial charge in [-0.3, -0.25) is 4.79 Å². The first-order valence-corrected chi connectivity index (χ1v) is 7.55. The van der Waals surface area contributed by atoms with Crippen molar-refractivity contribution < 1.29 is 14.3 Å². The third-order valence-electron chi connectivity index (χ3n) is 5.77. The standard InChI is InChI=1S/C16H25NO3/c1-14(2,3)20-13(19)17-12(18)10-7-9-11(15(9,4)5)8-16(10,17)6/h9-11H,7-8H2,1-6H3/t9?,10-,11-,16-/m0/s1. The average Bonchev–Trinajstić information content (AvgIpc) is 2.74. The minimum Gasteiger partial charge on any atom is -0.443 e. The number of nitrogens with zero attached hydrogens (tertiary/aromatic N) is 1. The number of imide groups is 1. The van der Waals surface area contributed by atoms with Crippen molar-refractivity contribution >= 4 is 12.0 Å². The van der Waals surface area contributed by atoms with Gasteiger partial charge in [0, 0.05) is 0 Å². The van der Waals surface area contributed by atoms with E-state index in [0.29, 0.717) is 17.3 Å². The number of β-lactam (4-membered cyclic amide) rings is 1. The van der Waals surface area contributed by atoms with Crippen molar-refractivity contribution in [1.82, 2.24) is 4.90 Å². The normalized spacial score (nSPS) is 41.4. The summed E-state index contributed by atoms with van der Waals surface area (Å²) in [7, 11) is 0. The molecule has 0 bridgehead atoms. The Bertz CT molecular complexity index is 490. The SMILES string of the molecule is CC(C)(C)OC(=O)N1C(=O)[C@@H]2CC3[C@H](C[C@@]21C)C3(C)C. The predicted molar refractivity (Wildman–Crippen MR) is 75.0 cm³/mol. The summed E-state index contributed by atoms with van der Waals surface area (Å²) >= 11 is 0. The number of ether oxygens (including phenoxy) is 1. The van der Waals surface area contributed by atoms with Crippen LogP contribution >= 0.6 is 0 Å². The molecule has 1 saturated heterocycles. The van der Waals surface area contributed by atoms with Crippen molar-refractivity contribution in [2.45, 2.75) is 65.5 Å². The lowest BCUT2D eigenvalue weighted by Gasteiger charge is -2.56. The fraction of sp³-hybridized carbons (Fsp3) is 0.875. The first kappa shape index (κ1) is 13.9. The Balaban J connectivity index is 1.79. The zero-order chi connectivity index (χ0) is 15.1. The Morgan fingerprint density at radius 1 is 1.25 bits per heavy atom. The van der Waals surface area contributed by atoms with Crippen LogP contribution in [0.5, 0.6) is 0 Å². The van der Waals surface area contributed by atoms with Crippen molar-refractivity contribution in [3.05, 3.63) is 0 Å². The number of carbonyl (C=O) groups is 2. The van der Waals surface area contributed by atoms with E-state index in [-0.39, 0.29) is 17.4 Å². The second-order valence-electron chi connectivity index (χ2n) is 8.54. The molecule has 0 aromatic carbocycles. The lowest BCUT2D eigenvalue weighted by molar-refractivity contribution is -0.171. The maximum absolute atomic E-state index is 12.3. The van der Waals surface area contributed by atoms with Crippen LogP contribution in [-0.4, -0.2) is 28.0 Å². The molecule has 3 aliphatic rings. The van der Waals surface area contributed by atoms with Gasteiger partial charge in [-0.25, -0.2) is 9.69 Å². The van der Waals surface area contributed by atoms with Gasteiger partial charge in [0.15, 0.2) is 0 Å². The fourth-order valence-electron chi connectivity index (χ4n) is 4.39. The molecule has 4 atom stereocenters. The van der Waals surface area contributed by atoms with Crippen molar-refractivity contribution in [2.24, 2.45) is 23.2 Å². The van der Waals surface area contributed by atoms with Crippen molar-refractivity contribution in [2.75, 3.05) is 0 Å². The first-order chi connectivity index (χ1) is 8.98. The minimum atomic E-state index is -0.561. The number of rotatable bonds is 0. The van der Waals surface area contributed by atoms with Crippen LogP contribution < -0.4 is 0 Å². The quantitative estimate of drug-likeness (QED) is 0.640. The number of hydrogen-bond donors (Lipinski definition) is 0. The fourth-order valence-corrected chi connectivity index (χ4v) is 4.39. The van der Waals surface area contributed by atoms with Gasteiger partial charge < -0.3 is 4.74 Å². The van der Waals surface area contributed by atoms with Gasteiger partial charge in [-0.15, -0.1) is 0 Å². The van der Waals surface area contributed by atoms with Crippen LogP contribution in [0.2, 0.25) is 0 Å². The lowest BCUT2D eigenvalue weighted by Crippen LogP contribution is -2.72.